The van der Waals surface area contributed by atoms with Crippen LogP contribution in [0.25, 0.3) is 0 Å². The van der Waals surface area contributed by atoms with Crippen molar-refractivity contribution in [3.8, 4) is 23.8 Å². The molecule has 0 heterocycles. The summed E-state index contributed by atoms with van der Waals surface area (Å²) >= 11 is 3.37. The summed E-state index contributed by atoms with van der Waals surface area (Å²) in [5, 5.41) is 28.2. The summed E-state index contributed by atoms with van der Waals surface area (Å²) in [6.45, 7) is -0.749. The molecule has 3 aromatic carbocycles. The predicted octanol–water partition coefficient (Wildman–Crippen LogP) is 2.63. The maximum absolute atomic E-state index is 13.1. The molecule has 0 aliphatic carbocycles. The number of aliphatic hydroxyl groups excluding tert-OH is 1. The SMILES string of the molecule is C#CCOc1ccc(Br)cc1/C=N\NC(=O)[C@H](Cc1ccc(O)cc1)NC(=O)[C@H](CO)NC(=O)OCc1ccccc1. The third kappa shape index (κ3) is 10.3. The Bertz CT molecular complexity index is 1430. The molecule has 42 heavy (non-hydrogen) atoms. The highest BCUT2D eigenvalue weighted by atomic mass is 79.9. The molecule has 12 heteroatoms. The molecule has 0 aliphatic rings. The van der Waals surface area contributed by atoms with Gasteiger partial charge in [-0.25, -0.2) is 10.2 Å². The van der Waals surface area contributed by atoms with E-state index in [9.17, 15) is 24.6 Å². The summed E-state index contributed by atoms with van der Waals surface area (Å²) < 4.78 is 11.4. The highest BCUT2D eigenvalue weighted by Gasteiger charge is 2.27. The fraction of sp³-hybridized carbons (Fsp3) is 0.200. The Balaban J connectivity index is 1.69. The number of carbonyl (C=O) groups is 3. The minimum absolute atomic E-state index is 0.0113. The van der Waals surface area contributed by atoms with Crippen LogP contribution < -0.4 is 20.8 Å². The molecular formula is C30H29BrN4O7. The van der Waals surface area contributed by atoms with Gasteiger partial charge in [-0.3, -0.25) is 9.59 Å². The van der Waals surface area contributed by atoms with Crippen molar-refractivity contribution in [2.24, 2.45) is 5.10 Å². The molecule has 218 valence electrons. The first-order chi connectivity index (χ1) is 20.3. The van der Waals surface area contributed by atoms with E-state index in [-0.39, 0.29) is 25.4 Å². The second-order valence-electron chi connectivity index (χ2n) is 8.78. The van der Waals surface area contributed by atoms with E-state index < -0.39 is 36.6 Å². The van der Waals surface area contributed by atoms with Crippen molar-refractivity contribution in [1.82, 2.24) is 16.1 Å². The second kappa shape index (κ2) is 16.4. The zero-order valence-electron chi connectivity index (χ0n) is 22.3. The van der Waals surface area contributed by atoms with E-state index in [1.54, 1.807) is 54.6 Å². The number of hydrogen-bond acceptors (Lipinski definition) is 8. The minimum atomic E-state index is -1.40. The summed E-state index contributed by atoms with van der Waals surface area (Å²) in [6, 6.07) is 17.6. The number of hydrazone groups is 1. The van der Waals surface area contributed by atoms with Crippen LogP contribution in [0, 0.1) is 12.3 Å². The number of rotatable bonds is 13. The zero-order chi connectivity index (χ0) is 30.3. The number of benzene rings is 3. The van der Waals surface area contributed by atoms with E-state index in [1.165, 1.54) is 18.3 Å². The molecule has 0 spiro atoms. The second-order valence-corrected chi connectivity index (χ2v) is 9.70. The van der Waals surface area contributed by atoms with Crippen LogP contribution in [0.3, 0.4) is 0 Å². The number of phenols is 1. The third-order valence-electron chi connectivity index (χ3n) is 5.67. The monoisotopic (exact) mass is 636 g/mol. The summed E-state index contributed by atoms with van der Waals surface area (Å²) in [5.41, 5.74) is 4.27. The average Bonchev–Trinajstić information content (AvgIpc) is 2.99. The highest BCUT2D eigenvalue weighted by Crippen LogP contribution is 2.21. The van der Waals surface area contributed by atoms with Crippen molar-refractivity contribution in [2.45, 2.75) is 25.1 Å². The van der Waals surface area contributed by atoms with Gasteiger partial charge in [-0.15, -0.1) is 6.42 Å². The van der Waals surface area contributed by atoms with Crippen LogP contribution in [0.2, 0.25) is 0 Å². The summed E-state index contributed by atoms with van der Waals surface area (Å²) in [4.78, 5) is 38.4. The molecule has 2 atom stereocenters. The number of carbonyl (C=O) groups excluding carboxylic acids is 3. The fourth-order valence-electron chi connectivity index (χ4n) is 3.56. The molecule has 3 amide bonds. The first kappa shape index (κ1) is 31.7. The molecule has 0 radical (unpaired) electrons. The number of halogens is 1. The molecule has 0 aromatic heterocycles. The Kier molecular flexibility index (Phi) is 12.4. The first-order valence-electron chi connectivity index (χ1n) is 12.6. The summed E-state index contributed by atoms with van der Waals surface area (Å²) in [5.74, 6) is 1.34. The van der Waals surface area contributed by atoms with E-state index >= 15 is 0 Å². The van der Waals surface area contributed by atoms with E-state index in [0.29, 0.717) is 16.9 Å². The molecule has 3 aromatic rings. The molecule has 3 rings (SSSR count). The Morgan fingerprint density at radius 2 is 1.71 bits per heavy atom. The maximum Gasteiger partial charge on any atom is 0.408 e. The van der Waals surface area contributed by atoms with Gasteiger partial charge in [0.2, 0.25) is 5.91 Å². The zero-order valence-corrected chi connectivity index (χ0v) is 23.9. The number of aromatic hydroxyl groups is 1. The average molecular weight is 637 g/mol. The normalized spacial score (nSPS) is 12.0. The van der Waals surface area contributed by atoms with Gasteiger partial charge in [0.25, 0.3) is 5.91 Å². The van der Waals surface area contributed by atoms with Crippen LogP contribution in [0.15, 0.2) is 82.4 Å². The molecule has 0 aliphatic heterocycles. The summed E-state index contributed by atoms with van der Waals surface area (Å²) in [7, 11) is 0. The van der Waals surface area contributed by atoms with Crippen LogP contribution in [0.1, 0.15) is 16.7 Å². The lowest BCUT2D eigenvalue weighted by molar-refractivity contribution is -0.130. The van der Waals surface area contributed by atoms with Crippen molar-refractivity contribution in [1.29, 1.82) is 0 Å². The van der Waals surface area contributed by atoms with Gasteiger partial charge >= 0.3 is 6.09 Å². The quantitative estimate of drug-likeness (QED) is 0.110. The van der Waals surface area contributed by atoms with Gasteiger partial charge in [-0.05, 0) is 41.5 Å². The van der Waals surface area contributed by atoms with Crippen molar-refractivity contribution < 1.29 is 34.1 Å². The number of terminal acetylenes is 1. The lowest BCUT2D eigenvalue weighted by atomic mass is 10.0. The molecular weight excluding hydrogens is 608 g/mol. The lowest BCUT2D eigenvalue weighted by Crippen LogP contribution is -2.55. The van der Waals surface area contributed by atoms with Crippen molar-refractivity contribution in [3.05, 3.63) is 94.0 Å². The number of alkyl carbamates (subject to hydrolysis) is 1. The number of hydrogen-bond donors (Lipinski definition) is 5. The van der Waals surface area contributed by atoms with Gasteiger partial charge < -0.3 is 30.3 Å². The largest absolute Gasteiger partial charge is 0.508 e. The first-order valence-corrected chi connectivity index (χ1v) is 13.4. The van der Waals surface area contributed by atoms with E-state index in [1.807, 2.05) is 6.07 Å². The van der Waals surface area contributed by atoms with Crippen molar-refractivity contribution in [3.63, 3.8) is 0 Å². The topological polar surface area (TPSA) is 159 Å². The van der Waals surface area contributed by atoms with Crippen LogP contribution in [0.5, 0.6) is 11.5 Å². The van der Waals surface area contributed by atoms with Crippen LogP contribution in [-0.4, -0.2) is 59.6 Å². The van der Waals surface area contributed by atoms with Gasteiger partial charge in [0.1, 0.15) is 36.8 Å². The van der Waals surface area contributed by atoms with Gasteiger partial charge in [0.05, 0.1) is 12.8 Å². The number of amides is 3. The van der Waals surface area contributed by atoms with Crippen molar-refractivity contribution in [2.75, 3.05) is 13.2 Å². The summed E-state index contributed by atoms with van der Waals surface area (Å²) in [6.07, 6.45) is 5.71. The number of nitrogens with one attached hydrogen (secondary N) is 3. The maximum atomic E-state index is 13.1. The Morgan fingerprint density at radius 3 is 2.40 bits per heavy atom. The lowest BCUT2D eigenvalue weighted by Gasteiger charge is -2.21. The predicted molar refractivity (Wildman–Crippen MR) is 159 cm³/mol. The van der Waals surface area contributed by atoms with Crippen LogP contribution in [-0.2, 0) is 27.4 Å². The highest BCUT2D eigenvalue weighted by molar-refractivity contribution is 9.10. The number of ether oxygens (including phenoxy) is 2. The van der Waals surface area contributed by atoms with Crippen LogP contribution >= 0.6 is 15.9 Å². The third-order valence-corrected chi connectivity index (χ3v) is 6.17. The molecule has 0 fully saturated rings. The standard InChI is InChI=1S/C30H29BrN4O7/c1-2-14-41-27-13-10-23(31)16-22(27)17-32-35-29(39)25(15-20-8-11-24(37)12-9-20)33-28(38)26(18-36)34-30(40)42-19-21-6-4-3-5-7-21/h1,3-13,16-17,25-26,36-37H,14-15,18-19H2,(H,33,38)(H,34,40)(H,35,39)/b32-17-/t25-,26-/m0/s1. The Morgan fingerprint density at radius 1 is 0.976 bits per heavy atom. The van der Waals surface area contributed by atoms with E-state index in [4.69, 9.17) is 15.9 Å². The molecule has 5 N–H and O–H groups in total. The van der Waals surface area contributed by atoms with Gasteiger partial charge in [0, 0.05) is 16.5 Å². The number of aliphatic hydroxyl groups is 1. The van der Waals surface area contributed by atoms with Gasteiger partial charge in [0.15, 0.2) is 0 Å². The molecule has 0 saturated heterocycles. The molecule has 0 unspecified atom stereocenters. The van der Waals surface area contributed by atoms with E-state index in [2.05, 4.69) is 43.0 Å². The molecule has 0 bridgehead atoms. The Hall–Kier alpha value is -4.86. The van der Waals surface area contributed by atoms with E-state index in [0.717, 1.165) is 10.0 Å². The van der Waals surface area contributed by atoms with Crippen LogP contribution in [0.4, 0.5) is 4.79 Å². The smallest absolute Gasteiger partial charge is 0.408 e. The van der Waals surface area contributed by atoms with Gasteiger partial charge in [-0.2, -0.15) is 5.10 Å². The number of phenolic OH excluding ortho intramolecular Hbond substituents is 1. The van der Waals surface area contributed by atoms with Crippen molar-refractivity contribution >= 4 is 40.1 Å². The van der Waals surface area contributed by atoms with Gasteiger partial charge in [-0.1, -0.05) is 64.3 Å². The molecule has 0 saturated carbocycles. The fourth-order valence-corrected chi connectivity index (χ4v) is 3.94. The molecule has 11 nitrogen and oxygen atoms in total. The Labute approximate surface area is 251 Å². The minimum Gasteiger partial charge on any atom is -0.508 e. The number of nitrogens with zero attached hydrogens (tertiary/aromatic N) is 1.